The minimum atomic E-state index is -0.170. The highest BCUT2D eigenvalue weighted by Crippen LogP contribution is 2.56. The van der Waals surface area contributed by atoms with Crippen LogP contribution < -0.4 is 0 Å². The summed E-state index contributed by atoms with van der Waals surface area (Å²) in [4.78, 5) is 27.1. The summed E-state index contributed by atoms with van der Waals surface area (Å²) in [7, 11) is 0. The number of benzene rings is 1. The van der Waals surface area contributed by atoms with Gasteiger partial charge in [-0.1, -0.05) is 53.6 Å². The molecule has 2 amide bonds. The molecule has 112 valence electrons. The van der Waals surface area contributed by atoms with Gasteiger partial charge in [-0.2, -0.15) is 0 Å². The molecular weight excluding hydrogens is 274 g/mol. The molecule has 0 aromatic heterocycles. The zero-order chi connectivity index (χ0) is 15.4. The summed E-state index contributed by atoms with van der Waals surface area (Å²) in [6, 6.07) is 9.74. The van der Waals surface area contributed by atoms with Crippen molar-refractivity contribution in [2.75, 3.05) is 0 Å². The van der Waals surface area contributed by atoms with Crippen molar-refractivity contribution < 1.29 is 9.59 Å². The van der Waals surface area contributed by atoms with Crippen molar-refractivity contribution >= 4 is 11.8 Å². The lowest BCUT2D eigenvalue weighted by Crippen LogP contribution is -2.32. The average Bonchev–Trinajstić information content (AvgIpc) is 3.14. The van der Waals surface area contributed by atoms with Crippen LogP contribution in [-0.4, -0.2) is 16.7 Å². The summed E-state index contributed by atoms with van der Waals surface area (Å²) >= 11 is 0. The number of hydrogen-bond donors (Lipinski definition) is 0. The Balaban J connectivity index is 1.66. The summed E-state index contributed by atoms with van der Waals surface area (Å²) in [5.74, 6) is -0.0504. The second-order valence-corrected chi connectivity index (χ2v) is 6.69. The van der Waals surface area contributed by atoms with E-state index in [1.807, 2.05) is 30.3 Å². The molecule has 22 heavy (non-hydrogen) atoms. The Labute approximate surface area is 130 Å². The van der Waals surface area contributed by atoms with Crippen molar-refractivity contribution in [3.63, 3.8) is 0 Å². The Kier molecular flexibility index (Phi) is 2.86. The Hall–Kier alpha value is -2.16. The monoisotopic (exact) mass is 293 g/mol. The zero-order valence-electron chi connectivity index (χ0n) is 12.8. The van der Waals surface area contributed by atoms with E-state index in [1.54, 1.807) is 0 Å². The minimum Gasteiger partial charge on any atom is -0.278 e. The predicted molar refractivity (Wildman–Crippen MR) is 83.5 cm³/mol. The fourth-order valence-electron chi connectivity index (χ4n) is 4.41. The molecule has 4 rings (SSSR count). The van der Waals surface area contributed by atoms with Crippen molar-refractivity contribution in [2.24, 2.45) is 23.7 Å². The topological polar surface area (TPSA) is 37.4 Å². The fourth-order valence-corrected chi connectivity index (χ4v) is 4.41. The van der Waals surface area contributed by atoms with Crippen molar-refractivity contribution in [3.8, 4) is 0 Å². The van der Waals surface area contributed by atoms with E-state index in [1.165, 1.54) is 16.0 Å². The third-order valence-electron chi connectivity index (χ3n) is 5.27. The van der Waals surface area contributed by atoms with E-state index in [0.29, 0.717) is 6.54 Å². The van der Waals surface area contributed by atoms with Crippen molar-refractivity contribution in [1.82, 2.24) is 4.90 Å². The van der Waals surface area contributed by atoms with Gasteiger partial charge in [0.2, 0.25) is 11.8 Å². The third kappa shape index (κ3) is 1.68. The Morgan fingerprint density at radius 1 is 0.955 bits per heavy atom. The first-order valence-electron chi connectivity index (χ1n) is 7.84. The summed E-state index contributed by atoms with van der Waals surface area (Å²) < 4.78 is 0. The smallest absolute Gasteiger partial charge is 0.234 e. The SMILES string of the molecule is CC(C)=C1[C@H]2C=C[C@H]1[C@H]1C(=O)N(Cc3ccccc3)C(=O)[C@H]12. The Bertz CT molecular complexity index is 678. The molecule has 2 fully saturated rings. The molecule has 1 saturated heterocycles. The van der Waals surface area contributed by atoms with Gasteiger partial charge in [0, 0.05) is 11.8 Å². The van der Waals surface area contributed by atoms with Crippen molar-refractivity contribution in [3.05, 3.63) is 59.2 Å². The number of imide groups is 1. The lowest BCUT2D eigenvalue weighted by Gasteiger charge is -2.19. The standard InChI is InChI=1S/C19H19NO2/c1-11(2)15-13-8-9-14(15)17-16(13)18(21)20(19(17)22)10-12-6-4-3-5-7-12/h3-9,13-14,16-17H,10H2,1-2H3/t13-,14-,16-,17+/m1/s1. The summed E-state index contributed by atoms with van der Waals surface area (Å²) in [5, 5.41) is 0. The zero-order valence-corrected chi connectivity index (χ0v) is 12.8. The number of carbonyl (C=O) groups excluding carboxylic acids is 2. The van der Waals surface area contributed by atoms with E-state index in [0.717, 1.165) is 5.56 Å². The fraction of sp³-hybridized carbons (Fsp3) is 0.368. The van der Waals surface area contributed by atoms with Crippen LogP contribution in [0.5, 0.6) is 0 Å². The summed E-state index contributed by atoms with van der Waals surface area (Å²) in [5.41, 5.74) is 3.56. The predicted octanol–water partition coefficient (Wildman–Crippen LogP) is 2.94. The van der Waals surface area contributed by atoms with Gasteiger partial charge in [-0.15, -0.1) is 0 Å². The van der Waals surface area contributed by atoms with Crippen molar-refractivity contribution in [1.29, 1.82) is 0 Å². The molecule has 2 aliphatic carbocycles. The lowest BCUT2D eigenvalue weighted by molar-refractivity contribution is -0.141. The minimum absolute atomic E-state index is 0.00875. The molecule has 0 radical (unpaired) electrons. The highest BCUT2D eigenvalue weighted by atomic mass is 16.2. The lowest BCUT2D eigenvalue weighted by atomic mass is 9.85. The number of fused-ring (bicyclic) bond motifs is 5. The van der Waals surface area contributed by atoms with Crippen molar-refractivity contribution in [2.45, 2.75) is 20.4 Å². The summed E-state index contributed by atoms with van der Waals surface area (Å²) in [6.07, 6.45) is 4.26. The molecule has 3 heteroatoms. The van der Waals surface area contributed by atoms with Crippen LogP contribution in [0.2, 0.25) is 0 Å². The van der Waals surface area contributed by atoms with E-state index in [2.05, 4.69) is 26.0 Å². The highest BCUT2D eigenvalue weighted by Gasteiger charge is 2.61. The van der Waals surface area contributed by atoms with Crippen LogP contribution in [0, 0.1) is 23.7 Å². The van der Waals surface area contributed by atoms with E-state index in [4.69, 9.17) is 0 Å². The molecule has 0 N–H and O–H groups in total. The molecule has 3 nitrogen and oxygen atoms in total. The highest BCUT2D eigenvalue weighted by molar-refractivity contribution is 6.07. The first kappa shape index (κ1) is 13.5. The van der Waals surface area contributed by atoms with Crippen LogP contribution in [0.1, 0.15) is 19.4 Å². The van der Waals surface area contributed by atoms with E-state index < -0.39 is 0 Å². The molecule has 1 heterocycles. The number of nitrogens with zero attached hydrogens (tertiary/aromatic N) is 1. The van der Waals surface area contributed by atoms with Crippen LogP contribution in [0.3, 0.4) is 0 Å². The molecule has 0 unspecified atom stereocenters. The third-order valence-corrected chi connectivity index (χ3v) is 5.27. The van der Waals surface area contributed by atoms with Gasteiger partial charge in [-0.05, 0) is 19.4 Å². The maximum atomic E-state index is 12.8. The van der Waals surface area contributed by atoms with Crippen LogP contribution in [0.25, 0.3) is 0 Å². The molecule has 0 spiro atoms. The Morgan fingerprint density at radius 3 is 2.00 bits per heavy atom. The first-order chi connectivity index (χ1) is 10.6. The maximum absolute atomic E-state index is 12.8. The van der Waals surface area contributed by atoms with Gasteiger partial charge in [0.05, 0.1) is 18.4 Å². The number of hydrogen-bond acceptors (Lipinski definition) is 2. The van der Waals surface area contributed by atoms with E-state index in [9.17, 15) is 9.59 Å². The van der Waals surface area contributed by atoms with Crippen LogP contribution in [0.4, 0.5) is 0 Å². The number of allylic oxidation sites excluding steroid dienone is 4. The number of likely N-dealkylation sites (tertiary alicyclic amines) is 1. The second kappa shape index (κ2) is 4.67. The molecular formula is C19H19NO2. The normalized spacial score (nSPS) is 32.1. The number of amides is 2. The Morgan fingerprint density at radius 2 is 1.50 bits per heavy atom. The van der Waals surface area contributed by atoms with Gasteiger partial charge in [0.25, 0.3) is 0 Å². The van der Waals surface area contributed by atoms with Crippen LogP contribution in [0.15, 0.2) is 53.6 Å². The van der Waals surface area contributed by atoms with Gasteiger partial charge in [-0.25, -0.2) is 0 Å². The first-order valence-corrected chi connectivity index (χ1v) is 7.84. The van der Waals surface area contributed by atoms with Crippen LogP contribution >= 0.6 is 0 Å². The molecule has 1 aromatic rings. The second-order valence-electron chi connectivity index (χ2n) is 6.69. The molecule has 4 atom stereocenters. The van der Waals surface area contributed by atoms with E-state index in [-0.39, 0.29) is 35.5 Å². The quantitative estimate of drug-likeness (QED) is 0.621. The van der Waals surface area contributed by atoms with Gasteiger partial charge in [0.1, 0.15) is 0 Å². The number of rotatable bonds is 2. The largest absolute Gasteiger partial charge is 0.278 e. The van der Waals surface area contributed by atoms with Gasteiger partial charge < -0.3 is 0 Å². The molecule has 1 saturated carbocycles. The number of carbonyl (C=O) groups is 2. The summed E-state index contributed by atoms with van der Waals surface area (Å²) in [6.45, 7) is 4.56. The van der Waals surface area contributed by atoms with Gasteiger partial charge in [0.15, 0.2) is 0 Å². The molecule has 3 aliphatic rings. The molecule has 1 aliphatic heterocycles. The molecule has 1 aromatic carbocycles. The van der Waals surface area contributed by atoms with E-state index >= 15 is 0 Å². The maximum Gasteiger partial charge on any atom is 0.234 e. The van der Waals surface area contributed by atoms with Gasteiger partial charge in [-0.3, -0.25) is 14.5 Å². The molecule has 2 bridgehead atoms. The van der Waals surface area contributed by atoms with Crippen LogP contribution in [-0.2, 0) is 16.1 Å². The van der Waals surface area contributed by atoms with Gasteiger partial charge >= 0.3 is 0 Å². The average molecular weight is 293 g/mol.